The van der Waals surface area contributed by atoms with Gasteiger partial charge in [-0.15, -0.1) is 0 Å². The predicted molar refractivity (Wildman–Crippen MR) is 115 cm³/mol. The Bertz CT molecular complexity index is 1170. The van der Waals surface area contributed by atoms with Crippen LogP contribution in [0.3, 0.4) is 0 Å². The van der Waals surface area contributed by atoms with Crippen molar-refractivity contribution in [2.24, 2.45) is 0 Å². The lowest BCUT2D eigenvalue weighted by Crippen LogP contribution is -2.48. The van der Waals surface area contributed by atoms with E-state index in [-0.39, 0.29) is 18.0 Å². The standard InChI is InChI=1S/C22H23F3N6O/c1-12(15-5-4-6-16(19(15)23)20(24)25)27-22-17-9-14(10-26-21(17)28-13(2)29-22)31-8-7-30(3)18(32)11-31/h4-6,9-10,12,20H,7-8,11H2,1-3H3,(H,26,27,28,29). The number of rotatable bonds is 5. The number of hydrogen-bond donors (Lipinski definition) is 1. The van der Waals surface area contributed by atoms with Crippen LogP contribution in [0, 0.1) is 12.7 Å². The van der Waals surface area contributed by atoms with Gasteiger partial charge in [-0.25, -0.2) is 28.1 Å². The van der Waals surface area contributed by atoms with Gasteiger partial charge in [0, 0.05) is 25.7 Å². The quantitative estimate of drug-likeness (QED) is 0.644. The number of pyridine rings is 1. The largest absolute Gasteiger partial charge is 0.363 e. The van der Waals surface area contributed by atoms with Gasteiger partial charge in [0.25, 0.3) is 6.43 Å². The number of hydrogen-bond acceptors (Lipinski definition) is 6. The van der Waals surface area contributed by atoms with Crippen LogP contribution in [0.2, 0.25) is 0 Å². The molecule has 1 atom stereocenters. The molecular formula is C22H23F3N6O. The van der Waals surface area contributed by atoms with E-state index in [1.165, 1.54) is 12.1 Å². The van der Waals surface area contributed by atoms with Crippen LogP contribution in [0.1, 0.15) is 36.3 Å². The summed E-state index contributed by atoms with van der Waals surface area (Å²) in [4.78, 5) is 28.9. The number of fused-ring (bicyclic) bond motifs is 1. The van der Waals surface area contributed by atoms with Crippen molar-refractivity contribution in [1.82, 2.24) is 19.9 Å². The minimum atomic E-state index is -2.90. The molecule has 0 spiro atoms. The average molecular weight is 444 g/mol. The normalized spacial score (nSPS) is 15.5. The molecule has 1 aliphatic heterocycles. The number of aryl methyl sites for hydroxylation is 1. The first-order valence-corrected chi connectivity index (χ1v) is 10.2. The van der Waals surface area contributed by atoms with Crippen molar-refractivity contribution in [3.63, 3.8) is 0 Å². The Kier molecular flexibility index (Phi) is 5.86. The highest BCUT2D eigenvalue weighted by atomic mass is 19.3. The molecule has 2 aromatic heterocycles. The number of aromatic nitrogens is 3. The summed E-state index contributed by atoms with van der Waals surface area (Å²) in [6.07, 6.45) is -1.24. The molecule has 32 heavy (non-hydrogen) atoms. The van der Waals surface area contributed by atoms with Crippen LogP contribution in [0.4, 0.5) is 24.7 Å². The molecule has 1 unspecified atom stereocenters. The Hall–Kier alpha value is -3.43. The van der Waals surface area contributed by atoms with E-state index in [0.717, 1.165) is 11.8 Å². The fraction of sp³-hybridized carbons (Fsp3) is 0.364. The molecule has 0 radical (unpaired) electrons. The molecule has 0 saturated carbocycles. The minimum Gasteiger partial charge on any atom is -0.363 e. The average Bonchev–Trinajstić information content (AvgIpc) is 2.75. The molecule has 168 valence electrons. The summed E-state index contributed by atoms with van der Waals surface area (Å²) in [5.41, 5.74) is 0.663. The van der Waals surface area contributed by atoms with Gasteiger partial charge in [-0.05, 0) is 19.9 Å². The van der Waals surface area contributed by atoms with Crippen molar-refractivity contribution < 1.29 is 18.0 Å². The number of amides is 1. The summed E-state index contributed by atoms with van der Waals surface area (Å²) >= 11 is 0. The lowest BCUT2D eigenvalue weighted by molar-refractivity contribution is -0.129. The molecule has 0 aliphatic carbocycles. The summed E-state index contributed by atoms with van der Waals surface area (Å²) < 4.78 is 40.9. The van der Waals surface area contributed by atoms with Crippen LogP contribution in [-0.2, 0) is 4.79 Å². The second-order valence-electron chi connectivity index (χ2n) is 7.84. The first kappa shape index (κ1) is 21.8. The van der Waals surface area contributed by atoms with E-state index < -0.39 is 23.8 Å². The molecule has 1 saturated heterocycles. The number of piperazine rings is 1. The zero-order valence-corrected chi connectivity index (χ0v) is 17.9. The van der Waals surface area contributed by atoms with Crippen molar-refractivity contribution in [1.29, 1.82) is 0 Å². The van der Waals surface area contributed by atoms with Gasteiger partial charge in [0.2, 0.25) is 5.91 Å². The van der Waals surface area contributed by atoms with E-state index in [1.807, 2.05) is 11.0 Å². The number of anilines is 2. The molecule has 10 heteroatoms. The predicted octanol–water partition coefficient (Wildman–Crippen LogP) is 3.86. The van der Waals surface area contributed by atoms with Gasteiger partial charge in [-0.1, -0.05) is 18.2 Å². The molecule has 1 aromatic carbocycles. The monoisotopic (exact) mass is 444 g/mol. The second-order valence-corrected chi connectivity index (χ2v) is 7.84. The van der Waals surface area contributed by atoms with E-state index in [4.69, 9.17) is 0 Å². The fourth-order valence-electron chi connectivity index (χ4n) is 3.73. The minimum absolute atomic E-state index is 0.0119. The van der Waals surface area contributed by atoms with Crippen molar-refractivity contribution in [2.75, 3.05) is 36.9 Å². The van der Waals surface area contributed by atoms with E-state index in [9.17, 15) is 18.0 Å². The van der Waals surface area contributed by atoms with Crippen LogP contribution in [0.5, 0.6) is 0 Å². The molecule has 1 N–H and O–H groups in total. The third-order valence-corrected chi connectivity index (χ3v) is 5.58. The van der Waals surface area contributed by atoms with E-state index in [0.29, 0.717) is 35.8 Å². The Morgan fingerprint density at radius 2 is 1.91 bits per heavy atom. The molecule has 1 amide bonds. The lowest BCUT2D eigenvalue weighted by atomic mass is 10.0. The number of carbonyl (C=O) groups is 1. The van der Waals surface area contributed by atoms with Crippen molar-refractivity contribution in [3.05, 3.63) is 53.2 Å². The number of carbonyl (C=O) groups excluding carboxylic acids is 1. The molecule has 3 heterocycles. The number of nitrogens with zero attached hydrogens (tertiary/aromatic N) is 5. The van der Waals surface area contributed by atoms with E-state index in [1.54, 1.807) is 32.0 Å². The smallest absolute Gasteiger partial charge is 0.266 e. The maximum atomic E-state index is 14.6. The van der Waals surface area contributed by atoms with Crippen LogP contribution in [-0.4, -0.2) is 52.4 Å². The molecule has 4 rings (SSSR count). The zero-order valence-electron chi connectivity index (χ0n) is 17.9. The third-order valence-electron chi connectivity index (χ3n) is 5.58. The maximum absolute atomic E-state index is 14.6. The highest BCUT2D eigenvalue weighted by Crippen LogP contribution is 2.31. The van der Waals surface area contributed by atoms with Crippen LogP contribution in [0.25, 0.3) is 11.0 Å². The molecule has 3 aromatic rings. The third kappa shape index (κ3) is 4.17. The number of likely N-dealkylation sites (N-methyl/N-ethyl adjacent to an activating group) is 1. The molecule has 7 nitrogen and oxygen atoms in total. The molecular weight excluding hydrogens is 421 g/mol. The molecule has 1 fully saturated rings. The zero-order chi connectivity index (χ0) is 23.0. The first-order chi connectivity index (χ1) is 15.2. The summed E-state index contributed by atoms with van der Waals surface area (Å²) in [5, 5.41) is 3.72. The van der Waals surface area contributed by atoms with Crippen molar-refractivity contribution >= 4 is 28.4 Å². The van der Waals surface area contributed by atoms with Gasteiger partial charge < -0.3 is 15.1 Å². The topological polar surface area (TPSA) is 74.2 Å². The number of benzene rings is 1. The SMILES string of the molecule is Cc1nc(NC(C)c2cccc(C(F)F)c2F)c2cc(N3CCN(C)C(=O)C3)cnc2n1. The number of halogens is 3. The highest BCUT2D eigenvalue weighted by molar-refractivity contribution is 5.90. The van der Waals surface area contributed by atoms with Crippen molar-refractivity contribution in [3.8, 4) is 0 Å². The molecule has 1 aliphatic rings. The highest BCUT2D eigenvalue weighted by Gasteiger charge is 2.23. The van der Waals surface area contributed by atoms with Crippen molar-refractivity contribution in [2.45, 2.75) is 26.3 Å². The summed E-state index contributed by atoms with van der Waals surface area (Å²) in [7, 11) is 1.76. The number of alkyl halides is 2. The second kappa shape index (κ2) is 8.60. The molecule has 0 bridgehead atoms. The van der Waals surface area contributed by atoms with Crippen LogP contribution in [0.15, 0.2) is 30.5 Å². The van der Waals surface area contributed by atoms with Gasteiger partial charge in [-0.2, -0.15) is 0 Å². The van der Waals surface area contributed by atoms with Gasteiger partial charge in [0.05, 0.1) is 35.4 Å². The van der Waals surface area contributed by atoms with E-state index >= 15 is 0 Å². The van der Waals surface area contributed by atoms with Gasteiger partial charge in [0.1, 0.15) is 17.5 Å². The lowest BCUT2D eigenvalue weighted by Gasteiger charge is -2.33. The van der Waals surface area contributed by atoms with Gasteiger partial charge >= 0.3 is 0 Å². The summed E-state index contributed by atoms with van der Waals surface area (Å²) in [6, 6.07) is 5.15. The Morgan fingerprint density at radius 3 is 2.62 bits per heavy atom. The first-order valence-electron chi connectivity index (χ1n) is 10.2. The Morgan fingerprint density at radius 1 is 1.16 bits per heavy atom. The Labute approximate surface area is 183 Å². The van der Waals surface area contributed by atoms with E-state index in [2.05, 4.69) is 20.3 Å². The van der Waals surface area contributed by atoms with Gasteiger partial charge in [0.15, 0.2) is 5.65 Å². The summed E-state index contributed by atoms with van der Waals surface area (Å²) in [5.74, 6) is -0.0501. The van der Waals surface area contributed by atoms with Crippen LogP contribution < -0.4 is 10.2 Å². The fourth-order valence-corrected chi connectivity index (χ4v) is 3.73. The maximum Gasteiger partial charge on any atom is 0.266 e. The van der Waals surface area contributed by atoms with Crippen LogP contribution >= 0.6 is 0 Å². The Balaban J connectivity index is 1.69. The number of nitrogens with one attached hydrogen (secondary N) is 1. The van der Waals surface area contributed by atoms with Gasteiger partial charge in [-0.3, -0.25) is 4.79 Å². The summed E-state index contributed by atoms with van der Waals surface area (Å²) in [6.45, 7) is 4.88.